The van der Waals surface area contributed by atoms with E-state index in [9.17, 15) is 4.79 Å². The highest BCUT2D eigenvalue weighted by atomic mass is 32.1. The fourth-order valence-corrected chi connectivity index (χ4v) is 4.91. The molecule has 2 aromatic heterocycles. The van der Waals surface area contributed by atoms with Gasteiger partial charge in [-0.3, -0.25) is 9.69 Å². The molecule has 4 heterocycles. The summed E-state index contributed by atoms with van der Waals surface area (Å²) in [6.45, 7) is 7.02. The van der Waals surface area contributed by atoms with Crippen molar-refractivity contribution in [3.63, 3.8) is 0 Å². The minimum Gasteiger partial charge on any atom is -0.338 e. The molecule has 0 aromatic carbocycles. The van der Waals surface area contributed by atoms with Crippen molar-refractivity contribution in [3.05, 3.63) is 40.3 Å². The van der Waals surface area contributed by atoms with Gasteiger partial charge in [0.25, 0.3) is 0 Å². The summed E-state index contributed by atoms with van der Waals surface area (Å²) in [5.41, 5.74) is 1.36. The summed E-state index contributed by atoms with van der Waals surface area (Å²) in [7, 11) is 0. The second-order valence-electron chi connectivity index (χ2n) is 6.87. The lowest BCUT2D eigenvalue weighted by Crippen LogP contribution is -2.51. The number of carbonyl (C=O) groups is 1. The van der Waals surface area contributed by atoms with E-state index in [4.69, 9.17) is 0 Å². The number of fused-ring (bicyclic) bond motifs is 1. The highest BCUT2D eigenvalue weighted by Gasteiger charge is 2.31. The molecule has 138 valence electrons. The van der Waals surface area contributed by atoms with Crippen molar-refractivity contribution >= 4 is 23.2 Å². The molecule has 0 aliphatic carbocycles. The van der Waals surface area contributed by atoms with Crippen molar-refractivity contribution in [2.45, 2.75) is 25.8 Å². The molecule has 0 N–H and O–H groups in total. The van der Waals surface area contributed by atoms with Crippen molar-refractivity contribution in [1.29, 1.82) is 0 Å². The molecule has 2 aromatic rings. The smallest absolute Gasteiger partial charge is 0.237 e. The van der Waals surface area contributed by atoms with E-state index in [2.05, 4.69) is 43.0 Å². The van der Waals surface area contributed by atoms with Gasteiger partial charge in [-0.05, 0) is 35.9 Å². The van der Waals surface area contributed by atoms with Gasteiger partial charge in [-0.25, -0.2) is 9.97 Å². The van der Waals surface area contributed by atoms with Crippen LogP contribution in [0.4, 0.5) is 5.95 Å². The molecule has 1 unspecified atom stereocenters. The molecule has 0 saturated carbocycles. The number of hydrogen-bond donors (Lipinski definition) is 0. The highest BCUT2D eigenvalue weighted by molar-refractivity contribution is 7.10. The molecule has 6 nitrogen and oxygen atoms in total. The number of carbonyl (C=O) groups excluding carboxylic acids is 1. The first kappa shape index (κ1) is 17.4. The molecule has 2 aliphatic rings. The van der Waals surface area contributed by atoms with E-state index in [1.165, 1.54) is 10.4 Å². The average Bonchev–Trinajstić information content (AvgIpc) is 3.17. The number of aromatic nitrogens is 2. The van der Waals surface area contributed by atoms with Crippen molar-refractivity contribution < 1.29 is 4.79 Å². The fourth-order valence-electron chi connectivity index (χ4n) is 3.98. The van der Waals surface area contributed by atoms with E-state index in [1.54, 1.807) is 12.4 Å². The predicted octanol–water partition coefficient (Wildman–Crippen LogP) is 2.20. The van der Waals surface area contributed by atoms with Crippen LogP contribution < -0.4 is 4.90 Å². The lowest BCUT2D eigenvalue weighted by Gasteiger charge is -2.39. The zero-order chi connectivity index (χ0) is 17.9. The summed E-state index contributed by atoms with van der Waals surface area (Å²) in [4.78, 5) is 29.6. The van der Waals surface area contributed by atoms with Gasteiger partial charge in [0.1, 0.15) is 0 Å². The Morgan fingerprint density at radius 1 is 1.19 bits per heavy atom. The van der Waals surface area contributed by atoms with E-state index in [0.717, 1.165) is 51.5 Å². The highest BCUT2D eigenvalue weighted by Crippen LogP contribution is 2.35. The van der Waals surface area contributed by atoms with Crippen LogP contribution >= 0.6 is 11.3 Å². The quantitative estimate of drug-likeness (QED) is 0.825. The monoisotopic (exact) mass is 371 g/mol. The van der Waals surface area contributed by atoms with Crippen LogP contribution in [0.1, 0.15) is 29.8 Å². The first-order valence-corrected chi connectivity index (χ1v) is 10.2. The Bertz CT molecular complexity index is 741. The van der Waals surface area contributed by atoms with Crippen molar-refractivity contribution in [3.8, 4) is 0 Å². The first-order chi connectivity index (χ1) is 12.8. The molecular weight excluding hydrogens is 346 g/mol. The third kappa shape index (κ3) is 3.46. The zero-order valence-corrected chi connectivity index (χ0v) is 16.0. The van der Waals surface area contributed by atoms with E-state index in [0.29, 0.717) is 6.54 Å². The van der Waals surface area contributed by atoms with E-state index in [1.807, 2.05) is 17.4 Å². The fraction of sp³-hybridized carbons (Fsp3) is 0.526. The topological polar surface area (TPSA) is 52.6 Å². The lowest BCUT2D eigenvalue weighted by molar-refractivity contribution is -0.135. The van der Waals surface area contributed by atoms with Gasteiger partial charge in [0.2, 0.25) is 11.9 Å². The maximum Gasteiger partial charge on any atom is 0.237 e. The second-order valence-corrected chi connectivity index (χ2v) is 7.87. The number of nitrogens with zero attached hydrogens (tertiary/aromatic N) is 5. The minimum atomic E-state index is 0.247. The molecule has 26 heavy (non-hydrogen) atoms. The number of anilines is 1. The first-order valence-electron chi connectivity index (χ1n) is 9.36. The van der Waals surface area contributed by atoms with E-state index in [-0.39, 0.29) is 11.9 Å². The molecular formula is C19H25N5OS. The Balaban J connectivity index is 1.34. The Labute approximate surface area is 158 Å². The molecule has 1 amide bonds. The summed E-state index contributed by atoms with van der Waals surface area (Å²) in [6, 6.07) is 4.28. The van der Waals surface area contributed by atoms with E-state index < -0.39 is 0 Å². The van der Waals surface area contributed by atoms with Gasteiger partial charge < -0.3 is 9.80 Å². The van der Waals surface area contributed by atoms with Crippen LogP contribution in [0.3, 0.4) is 0 Å². The van der Waals surface area contributed by atoms with Gasteiger partial charge in [-0.2, -0.15) is 0 Å². The Kier molecular flexibility index (Phi) is 5.17. The summed E-state index contributed by atoms with van der Waals surface area (Å²) in [5, 5.41) is 2.16. The van der Waals surface area contributed by atoms with Gasteiger partial charge in [0, 0.05) is 50.0 Å². The number of piperazine rings is 1. The summed E-state index contributed by atoms with van der Waals surface area (Å²) in [5.74, 6) is 1.05. The molecule has 1 fully saturated rings. The lowest BCUT2D eigenvalue weighted by atomic mass is 9.97. The summed E-state index contributed by atoms with van der Waals surface area (Å²) in [6.07, 6.45) is 5.53. The van der Waals surface area contributed by atoms with Crippen LogP contribution in [0, 0.1) is 0 Å². The normalized spacial score (nSPS) is 20.9. The number of amides is 1. The zero-order valence-electron chi connectivity index (χ0n) is 15.2. The Hall–Kier alpha value is -1.99. The third-order valence-corrected chi connectivity index (χ3v) is 6.36. The largest absolute Gasteiger partial charge is 0.338 e. The van der Waals surface area contributed by atoms with Gasteiger partial charge in [0.15, 0.2) is 0 Å². The van der Waals surface area contributed by atoms with Crippen LogP contribution in [0.2, 0.25) is 0 Å². The van der Waals surface area contributed by atoms with Crippen LogP contribution in [-0.2, 0) is 11.2 Å². The van der Waals surface area contributed by atoms with Crippen molar-refractivity contribution in [1.82, 2.24) is 19.8 Å². The maximum absolute atomic E-state index is 13.0. The maximum atomic E-state index is 13.0. The Morgan fingerprint density at radius 3 is 2.69 bits per heavy atom. The van der Waals surface area contributed by atoms with Crippen molar-refractivity contribution in [2.24, 2.45) is 0 Å². The average molecular weight is 372 g/mol. The number of rotatable bonds is 4. The summed E-state index contributed by atoms with van der Waals surface area (Å²) >= 11 is 1.83. The third-order valence-electron chi connectivity index (χ3n) is 5.37. The molecule has 0 bridgehead atoms. The van der Waals surface area contributed by atoms with Crippen molar-refractivity contribution in [2.75, 3.05) is 44.2 Å². The van der Waals surface area contributed by atoms with Crippen LogP contribution in [-0.4, -0.2) is 64.9 Å². The standard InChI is InChI=1S/C19H25N5OS/c1-2-16-15-5-13-26-17(15)4-8-24(16)18(25)14-22-9-11-23(12-10-22)19-20-6-3-7-21-19/h3,5-7,13,16H,2,4,8-12,14H2,1H3. The summed E-state index contributed by atoms with van der Waals surface area (Å²) < 4.78 is 0. The van der Waals surface area contributed by atoms with E-state index >= 15 is 0 Å². The van der Waals surface area contributed by atoms with Gasteiger partial charge >= 0.3 is 0 Å². The Morgan fingerprint density at radius 2 is 1.96 bits per heavy atom. The minimum absolute atomic E-state index is 0.247. The van der Waals surface area contributed by atoms with Crippen LogP contribution in [0.15, 0.2) is 29.9 Å². The number of hydrogen-bond acceptors (Lipinski definition) is 6. The molecule has 0 radical (unpaired) electrons. The molecule has 1 atom stereocenters. The predicted molar refractivity (Wildman–Crippen MR) is 103 cm³/mol. The second kappa shape index (κ2) is 7.72. The number of thiophene rings is 1. The molecule has 7 heteroatoms. The molecule has 1 saturated heterocycles. The molecule has 0 spiro atoms. The van der Waals surface area contributed by atoms with Gasteiger partial charge in [-0.15, -0.1) is 11.3 Å². The van der Waals surface area contributed by atoms with Crippen LogP contribution in [0.5, 0.6) is 0 Å². The molecule has 4 rings (SSSR count). The van der Waals surface area contributed by atoms with Gasteiger partial charge in [-0.1, -0.05) is 6.92 Å². The van der Waals surface area contributed by atoms with Gasteiger partial charge in [0.05, 0.1) is 12.6 Å². The molecule has 2 aliphatic heterocycles. The van der Waals surface area contributed by atoms with Crippen LogP contribution in [0.25, 0.3) is 0 Å². The SMILES string of the molecule is CCC1c2ccsc2CCN1C(=O)CN1CCN(c2ncccn2)CC1.